The number of aromatic amines is 1. The van der Waals surface area contributed by atoms with Crippen molar-refractivity contribution in [2.75, 3.05) is 0 Å². The molecular formula is C11H11N3O2. The molecule has 2 rings (SSSR count). The molecule has 0 radical (unpaired) electrons. The quantitative estimate of drug-likeness (QED) is 0.618. The summed E-state index contributed by atoms with van der Waals surface area (Å²) in [5.41, 5.74) is 2.10. The number of H-pyrrole nitrogens is 1. The zero-order valence-electron chi connectivity index (χ0n) is 9.02. The van der Waals surface area contributed by atoms with E-state index in [2.05, 4.69) is 10.1 Å². The van der Waals surface area contributed by atoms with E-state index in [1.54, 1.807) is 24.9 Å². The van der Waals surface area contributed by atoms with Crippen molar-refractivity contribution < 1.29 is 9.59 Å². The SMILES string of the molecule is Cc1nn(C)cc1C(=O)c1c[nH]c(C=O)c1. The summed E-state index contributed by atoms with van der Waals surface area (Å²) >= 11 is 0. The molecule has 0 spiro atoms. The zero-order valence-corrected chi connectivity index (χ0v) is 9.02. The first kappa shape index (κ1) is 10.4. The number of aryl methyl sites for hydroxylation is 2. The second-order valence-electron chi connectivity index (χ2n) is 3.59. The van der Waals surface area contributed by atoms with E-state index in [-0.39, 0.29) is 5.78 Å². The van der Waals surface area contributed by atoms with Crippen molar-refractivity contribution >= 4 is 12.1 Å². The van der Waals surface area contributed by atoms with Crippen molar-refractivity contribution in [3.05, 3.63) is 41.0 Å². The van der Waals surface area contributed by atoms with Gasteiger partial charge in [0.25, 0.3) is 0 Å². The summed E-state index contributed by atoms with van der Waals surface area (Å²) in [5.74, 6) is -0.130. The van der Waals surface area contributed by atoms with Gasteiger partial charge < -0.3 is 4.98 Å². The van der Waals surface area contributed by atoms with Gasteiger partial charge in [-0.3, -0.25) is 14.3 Å². The van der Waals surface area contributed by atoms with Crippen molar-refractivity contribution in [1.29, 1.82) is 0 Å². The molecule has 0 amide bonds. The summed E-state index contributed by atoms with van der Waals surface area (Å²) in [7, 11) is 1.76. The average Bonchev–Trinajstić information content (AvgIpc) is 2.84. The van der Waals surface area contributed by atoms with Crippen molar-refractivity contribution in [2.24, 2.45) is 7.05 Å². The van der Waals surface area contributed by atoms with Crippen LogP contribution in [0.3, 0.4) is 0 Å². The van der Waals surface area contributed by atoms with Crippen molar-refractivity contribution in [3.63, 3.8) is 0 Å². The van der Waals surface area contributed by atoms with Gasteiger partial charge in [-0.05, 0) is 13.0 Å². The standard InChI is InChI=1S/C11H11N3O2/c1-7-10(5-14(2)13-7)11(16)8-3-9(6-15)12-4-8/h3-6,12H,1-2H3. The second-order valence-corrected chi connectivity index (χ2v) is 3.59. The Morgan fingerprint density at radius 2 is 2.31 bits per heavy atom. The average molecular weight is 217 g/mol. The lowest BCUT2D eigenvalue weighted by Gasteiger charge is -1.93. The Balaban J connectivity index is 2.38. The number of hydrogen-bond acceptors (Lipinski definition) is 3. The van der Waals surface area contributed by atoms with E-state index >= 15 is 0 Å². The molecule has 0 bridgehead atoms. The predicted octanol–water partition coefficient (Wildman–Crippen LogP) is 1.10. The molecule has 0 unspecified atom stereocenters. The van der Waals surface area contributed by atoms with Crippen LogP contribution in [0.4, 0.5) is 0 Å². The highest BCUT2D eigenvalue weighted by molar-refractivity contribution is 6.10. The van der Waals surface area contributed by atoms with Crippen molar-refractivity contribution in [2.45, 2.75) is 6.92 Å². The minimum absolute atomic E-state index is 0.130. The summed E-state index contributed by atoms with van der Waals surface area (Å²) in [4.78, 5) is 25.2. The van der Waals surface area contributed by atoms with Gasteiger partial charge in [0.05, 0.1) is 17.0 Å². The van der Waals surface area contributed by atoms with E-state index < -0.39 is 0 Å². The molecule has 0 aliphatic heterocycles. The fourth-order valence-corrected chi connectivity index (χ4v) is 1.59. The van der Waals surface area contributed by atoms with Crippen LogP contribution in [0.1, 0.15) is 32.1 Å². The van der Waals surface area contributed by atoms with Crippen LogP contribution in [0, 0.1) is 6.92 Å². The first-order valence-electron chi connectivity index (χ1n) is 4.80. The number of rotatable bonds is 3. The number of carbonyl (C=O) groups is 2. The van der Waals surface area contributed by atoms with E-state index in [1.165, 1.54) is 12.3 Å². The fraction of sp³-hybridized carbons (Fsp3) is 0.182. The van der Waals surface area contributed by atoms with Crippen LogP contribution in [-0.2, 0) is 7.05 Å². The van der Waals surface area contributed by atoms with Gasteiger partial charge >= 0.3 is 0 Å². The van der Waals surface area contributed by atoms with Crippen LogP contribution in [0.25, 0.3) is 0 Å². The highest BCUT2D eigenvalue weighted by atomic mass is 16.1. The first-order chi connectivity index (χ1) is 7.61. The van der Waals surface area contributed by atoms with E-state index in [9.17, 15) is 9.59 Å². The molecule has 0 atom stereocenters. The fourth-order valence-electron chi connectivity index (χ4n) is 1.59. The smallest absolute Gasteiger partial charge is 0.197 e. The highest BCUT2D eigenvalue weighted by Crippen LogP contribution is 2.13. The molecule has 2 heterocycles. The van der Waals surface area contributed by atoms with Crippen LogP contribution in [-0.4, -0.2) is 26.8 Å². The van der Waals surface area contributed by atoms with Gasteiger partial charge in [-0.25, -0.2) is 0 Å². The largest absolute Gasteiger partial charge is 0.358 e. The van der Waals surface area contributed by atoms with Gasteiger partial charge in [0.1, 0.15) is 0 Å². The van der Waals surface area contributed by atoms with E-state index in [1.807, 2.05) is 0 Å². The van der Waals surface area contributed by atoms with E-state index in [4.69, 9.17) is 0 Å². The molecule has 2 aromatic heterocycles. The van der Waals surface area contributed by atoms with Gasteiger partial charge in [-0.1, -0.05) is 0 Å². The molecule has 0 aliphatic carbocycles. The predicted molar refractivity (Wildman–Crippen MR) is 57.6 cm³/mol. The third-order valence-corrected chi connectivity index (χ3v) is 2.35. The number of carbonyl (C=O) groups excluding carboxylic acids is 2. The Bertz CT molecular complexity index is 551. The molecule has 16 heavy (non-hydrogen) atoms. The third kappa shape index (κ3) is 1.67. The lowest BCUT2D eigenvalue weighted by molar-refractivity contribution is 0.103. The summed E-state index contributed by atoms with van der Waals surface area (Å²) in [6.07, 6.45) is 3.87. The topological polar surface area (TPSA) is 67.8 Å². The van der Waals surface area contributed by atoms with Crippen molar-refractivity contribution in [1.82, 2.24) is 14.8 Å². The molecule has 0 aliphatic rings. The number of nitrogens with zero attached hydrogens (tertiary/aromatic N) is 2. The monoisotopic (exact) mass is 217 g/mol. The minimum Gasteiger partial charge on any atom is -0.358 e. The Hall–Kier alpha value is -2.17. The summed E-state index contributed by atoms with van der Waals surface area (Å²) in [5, 5.41) is 4.10. The normalized spacial score (nSPS) is 10.4. The molecule has 5 heteroatoms. The molecular weight excluding hydrogens is 206 g/mol. The third-order valence-electron chi connectivity index (χ3n) is 2.35. The summed E-state index contributed by atoms with van der Waals surface area (Å²) < 4.78 is 1.59. The molecule has 0 saturated carbocycles. The van der Waals surface area contributed by atoms with Gasteiger partial charge in [-0.15, -0.1) is 0 Å². The first-order valence-corrected chi connectivity index (χ1v) is 4.80. The van der Waals surface area contributed by atoms with E-state index in [0.29, 0.717) is 28.8 Å². The Kier molecular flexibility index (Phi) is 2.44. The van der Waals surface area contributed by atoms with Crippen LogP contribution in [0.2, 0.25) is 0 Å². The Labute approximate surface area is 92.1 Å². The molecule has 0 fully saturated rings. The maximum Gasteiger partial charge on any atom is 0.197 e. The zero-order chi connectivity index (χ0) is 11.7. The minimum atomic E-state index is -0.130. The van der Waals surface area contributed by atoms with Gasteiger partial charge in [0.2, 0.25) is 0 Å². The summed E-state index contributed by atoms with van der Waals surface area (Å²) in [6.45, 7) is 1.78. The number of ketones is 1. The molecule has 0 aromatic carbocycles. The van der Waals surface area contributed by atoms with E-state index in [0.717, 1.165) is 0 Å². The lowest BCUT2D eigenvalue weighted by atomic mass is 10.1. The lowest BCUT2D eigenvalue weighted by Crippen LogP contribution is -2.00. The van der Waals surface area contributed by atoms with Crippen LogP contribution in [0.5, 0.6) is 0 Å². The van der Waals surface area contributed by atoms with Crippen molar-refractivity contribution in [3.8, 4) is 0 Å². The summed E-state index contributed by atoms with van der Waals surface area (Å²) in [6, 6.07) is 1.53. The highest BCUT2D eigenvalue weighted by Gasteiger charge is 2.15. The number of nitrogens with one attached hydrogen (secondary N) is 1. The molecule has 0 saturated heterocycles. The molecule has 5 nitrogen and oxygen atoms in total. The van der Waals surface area contributed by atoms with Gasteiger partial charge in [0.15, 0.2) is 12.1 Å². The molecule has 82 valence electrons. The van der Waals surface area contributed by atoms with Gasteiger partial charge in [0, 0.05) is 25.0 Å². The maximum atomic E-state index is 12.0. The number of aldehydes is 1. The maximum absolute atomic E-state index is 12.0. The number of aromatic nitrogens is 3. The second kappa shape index (κ2) is 3.77. The van der Waals surface area contributed by atoms with Crippen LogP contribution in [0.15, 0.2) is 18.5 Å². The van der Waals surface area contributed by atoms with Crippen LogP contribution < -0.4 is 0 Å². The molecule has 2 aromatic rings. The van der Waals surface area contributed by atoms with Gasteiger partial charge in [-0.2, -0.15) is 5.10 Å². The van der Waals surface area contributed by atoms with Crippen LogP contribution >= 0.6 is 0 Å². The molecule has 1 N–H and O–H groups in total. The number of hydrogen-bond donors (Lipinski definition) is 1. The Morgan fingerprint density at radius 1 is 1.56 bits per heavy atom. The Morgan fingerprint density at radius 3 is 2.81 bits per heavy atom.